The van der Waals surface area contributed by atoms with Crippen LogP contribution in [0.5, 0.6) is 0 Å². The first-order valence-corrected chi connectivity index (χ1v) is 8.65. The van der Waals surface area contributed by atoms with Crippen LogP contribution in [0.3, 0.4) is 0 Å². The van der Waals surface area contributed by atoms with E-state index in [1.807, 2.05) is 25.6 Å². The number of ether oxygens (including phenoxy) is 1. The number of aryl methyl sites for hydroxylation is 2. The van der Waals surface area contributed by atoms with E-state index in [9.17, 15) is 4.79 Å². The van der Waals surface area contributed by atoms with Gasteiger partial charge in [-0.05, 0) is 32.6 Å². The first kappa shape index (κ1) is 16.5. The highest BCUT2D eigenvalue weighted by Crippen LogP contribution is 2.28. The number of rotatable bonds is 5. The van der Waals surface area contributed by atoms with Crippen molar-refractivity contribution in [2.24, 2.45) is 13.0 Å². The fourth-order valence-electron chi connectivity index (χ4n) is 3.47. The number of hydrogen-bond acceptors (Lipinski definition) is 4. The lowest BCUT2D eigenvalue weighted by Gasteiger charge is -2.39. The lowest BCUT2D eigenvalue weighted by atomic mass is 9.84. The monoisotopic (exact) mass is 320 g/mol. The standard InChI is InChI=1S/C17H28N4O2/c1-12-15(13(2)20(3)19-12)9-18-17(22)16-11-23-8-7-21(16)10-14-5-4-6-14/h14,16H,4-11H2,1-3H3,(H,18,22). The second-order valence-electron chi connectivity index (χ2n) is 6.87. The number of nitrogens with one attached hydrogen (secondary N) is 1. The van der Waals surface area contributed by atoms with Crippen LogP contribution in [0.1, 0.15) is 36.2 Å². The van der Waals surface area contributed by atoms with Gasteiger partial charge in [-0.3, -0.25) is 14.4 Å². The summed E-state index contributed by atoms with van der Waals surface area (Å²) >= 11 is 0. The predicted molar refractivity (Wildman–Crippen MR) is 88.0 cm³/mol. The smallest absolute Gasteiger partial charge is 0.240 e. The van der Waals surface area contributed by atoms with Gasteiger partial charge in [0.1, 0.15) is 6.04 Å². The van der Waals surface area contributed by atoms with E-state index in [-0.39, 0.29) is 11.9 Å². The summed E-state index contributed by atoms with van der Waals surface area (Å²) in [4.78, 5) is 15.0. The highest BCUT2D eigenvalue weighted by molar-refractivity contribution is 5.82. The van der Waals surface area contributed by atoms with Gasteiger partial charge in [0.05, 0.1) is 18.9 Å². The molecule has 2 heterocycles. The van der Waals surface area contributed by atoms with Crippen LogP contribution in [0, 0.1) is 19.8 Å². The number of nitrogens with zero attached hydrogens (tertiary/aromatic N) is 3. The molecule has 2 aliphatic rings. The molecule has 1 aromatic heterocycles. The molecule has 3 rings (SSSR count). The van der Waals surface area contributed by atoms with Crippen molar-refractivity contribution in [1.29, 1.82) is 0 Å². The van der Waals surface area contributed by atoms with Gasteiger partial charge in [-0.2, -0.15) is 5.10 Å². The van der Waals surface area contributed by atoms with E-state index in [0.717, 1.165) is 42.6 Å². The number of carbonyl (C=O) groups excluding carboxylic acids is 1. The fourth-order valence-corrected chi connectivity index (χ4v) is 3.47. The number of carbonyl (C=O) groups is 1. The molecule has 2 fully saturated rings. The lowest BCUT2D eigenvalue weighted by Crippen LogP contribution is -2.55. The molecule has 1 amide bonds. The Kier molecular flexibility index (Phi) is 5.02. The van der Waals surface area contributed by atoms with Crippen LogP contribution in [0.15, 0.2) is 0 Å². The summed E-state index contributed by atoms with van der Waals surface area (Å²) in [5.41, 5.74) is 3.20. The molecule has 0 aromatic carbocycles. The quantitative estimate of drug-likeness (QED) is 0.884. The van der Waals surface area contributed by atoms with Gasteiger partial charge in [0.2, 0.25) is 5.91 Å². The fraction of sp³-hybridized carbons (Fsp3) is 0.765. The zero-order valence-corrected chi connectivity index (χ0v) is 14.5. The van der Waals surface area contributed by atoms with Gasteiger partial charge in [0.25, 0.3) is 0 Å². The highest BCUT2D eigenvalue weighted by atomic mass is 16.5. The topological polar surface area (TPSA) is 59.4 Å². The average molecular weight is 320 g/mol. The van der Waals surface area contributed by atoms with Gasteiger partial charge in [-0.1, -0.05) is 6.42 Å². The third kappa shape index (κ3) is 3.58. The summed E-state index contributed by atoms with van der Waals surface area (Å²) in [7, 11) is 1.93. The van der Waals surface area contributed by atoms with Gasteiger partial charge in [-0.15, -0.1) is 0 Å². The maximum Gasteiger partial charge on any atom is 0.240 e. The molecule has 128 valence electrons. The zero-order valence-electron chi connectivity index (χ0n) is 14.5. The lowest BCUT2D eigenvalue weighted by molar-refractivity contribution is -0.133. The molecule has 6 heteroatoms. The van der Waals surface area contributed by atoms with E-state index >= 15 is 0 Å². The van der Waals surface area contributed by atoms with E-state index in [1.165, 1.54) is 19.3 Å². The number of aromatic nitrogens is 2. The van der Waals surface area contributed by atoms with Crippen LogP contribution in [0.25, 0.3) is 0 Å². The second kappa shape index (κ2) is 7.01. The van der Waals surface area contributed by atoms with E-state index in [0.29, 0.717) is 13.2 Å². The summed E-state index contributed by atoms with van der Waals surface area (Å²) in [5.74, 6) is 0.845. The third-order valence-electron chi connectivity index (χ3n) is 5.36. The Hall–Kier alpha value is -1.40. The number of morpholine rings is 1. The molecule has 1 N–H and O–H groups in total. The molecule has 1 saturated heterocycles. The van der Waals surface area contributed by atoms with Crippen molar-refractivity contribution in [2.45, 2.75) is 45.7 Å². The Bertz CT molecular complexity index is 565. The molecule has 1 aromatic rings. The first-order chi connectivity index (χ1) is 11.1. The largest absolute Gasteiger partial charge is 0.378 e. The molecule has 0 bridgehead atoms. The van der Waals surface area contributed by atoms with Crippen LogP contribution in [0.2, 0.25) is 0 Å². The molecular weight excluding hydrogens is 292 g/mol. The molecule has 0 spiro atoms. The van der Waals surface area contributed by atoms with E-state index in [1.54, 1.807) is 0 Å². The van der Waals surface area contributed by atoms with Crippen molar-refractivity contribution in [3.63, 3.8) is 0 Å². The van der Waals surface area contributed by atoms with Gasteiger partial charge < -0.3 is 10.1 Å². The highest BCUT2D eigenvalue weighted by Gasteiger charge is 2.32. The first-order valence-electron chi connectivity index (χ1n) is 8.65. The van der Waals surface area contributed by atoms with Crippen LogP contribution in [0.4, 0.5) is 0 Å². The number of hydrogen-bond donors (Lipinski definition) is 1. The average Bonchev–Trinajstić information content (AvgIpc) is 2.74. The van der Waals surface area contributed by atoms with E-state index < -0.39 is 0 Å². The minimum atomic E-state index is -0.151. The zero-order chi connectivity index (χ0) is 16.4. The Balaban J connectivity index is 1.59. The maximum atomic E-state index is 12.6. The summed E-state index contributed by atoms with van der Waals surface area (Å²) < 4.78 is 7.42. The molecular formula is C17H28N4O2. The van der Waals surface area contributed by atoms with E-state index in [4.69, 9.17) is 4.74 Å². The normalized spacial score (nSPS) is 22.8. The molecule has 1 saturated carbocycles. The Morgan fingerprint density at radius 3 is 2.78 bits per heavy atom. The van der Waals surface area contributed by atoms with Crippen molar-refractivity contribution in [1.82, 2.24) is 20.0 Å². The Morgan fingerprint density at radius 2 is 2.17 bits per heavy atom. The summed E-state index contributed by atoms with van der Waals surface area (Å²) in [6.07, 6.45) is 3.95. The minimum Gasteiger partial charge on any atom is -0.378 e. The van der Waals surface area contributed by atoms with Gasteiger partial charge in [0, 0.05) is 37.9 Å². The minimum absolute atomic E-state index is 0.0756. The van der Waals surface area contributed by atoms with Crippen molar-refractivity contribution in [3.8, 4) is 0 Å². The summed E-state index contributed by atoms with van der Waals surface area (Å²) in [6, 6.07) is -0.151. The van der Waals surface area contributed by atoms with E-state index in [2.05, 4.69) is 15.3 Å². The molecule has 1 unspecified atom stereocenters. The van der Waals surface area contributed by atoms with Gasteiger partial charge >= 0.3 is 0 Å². The summed E-state index contributed by atoms with van der Waals surface area (Å²) in [5, 5.41) is 7.49. The molecule has 6 nitrogen and oxygen atoms in total. The maximum absolute atomic E-state index is 12.6. The van der Waals surface area contributed by atoms with Crippen LogP contribution < -0.4 is 5.32 Å². The third-order valence-corrected chi connectivity index (χ3v) is 5.36. The van der Waals surface area contributed by atoms with Crippen molar-refractivity contribution < 1.29 is 9.53 Å². The van der Waals surface area contributed by atoms with Crippen molar-refractivity contribution in [3.05, 3.63) is 17.0 Å². The van der Waals surface area contributed by atoms with Crippen molar-refractivity contribution >= 4 is 5.91 Å². The van der Waals surface area contributed by atoms with Crippen LogP contribution in [-0.4, -0.2) is 52.9 Å². The van der Waals surface area contributed by atoms with Gasteiger partial charge in [0.15, 0.2) is 0 Å². The molecule has 1 aliphatic heterocycles. The predicted octanol–water partition coefficient (Wildman–Crippen LogP) is 1.15. The summed E-state index contributed by atoms with van der Waals surface area (Å²) in [6.45, 7) is 7.69. The van der Waals surface area contributed by atoms with Crippen molar-refractivity contribution in [2.75, 3.05) is 26.3 Å². The molecule has 0 radical (unpaired) electrons. The molecule has 23 heavy (non-hydrogen) atoms. The Labute approximate surface area is 138 Å². The number of amides is 1. The van der Waals surface area contributed by atoms with Gasteiger partial charge in [-0.25, -0.2) is 0 Å². The molecule has 1 atom stereocenters. The molecule has 1 aliphatic carbocycles. The SMILES string of the molecule is Cc1nn(C)c(C)c1CNC(=O)C1COCCN1CC1CCC1. The van der Waals surface area contributed by atoms with Crippen LogP contribution in [-0.2, 0) is 23.1 Å². The Morgan fingerprint density at radius 1 is 1.39 bits per heavy atom. The van der Waals surface area contributed by atoms with Crippen LogP contribution >= 0.6 is 0 Å². The second-order valence-corrected chi connectivity index (χ2v) is 6.87.